The number of likely N-dealkylation sites (tertiary alicyclic amines) is 1. The molecular formula is C18H22N3+. The standard InChI is InChI=1S/C18H21N3/c19-12-17(13-20)15-5-4-14-6-7-18(11-16(14)10-15)21-8-2-1-3-9-21/h10-11,14H,1-9H2/p+1/t14-/m0/s1. The second kappa shape index (κ2) is 6.29. The average molecular weight is 280 g/mol. The molecule has 0 aromatic carbocycles. The molecule has 2 aliphatic carbocycles. The second-order valence-corrected chi connectivity index (χ2v) is 6.38. The average Bonchev–Trinajstić information content (AvgIpc) is 2.56. The van der Waals surface area contributed by atoms with Crippen molar-refractivity contribution >= 4 is 0 Å². The van der Waals surface area contributed by atoms with Gasteiger partial charge >= 0.3 is 0 Å². The minimum absolute atomic E-state index is 0.298. The lowest BCUT2D eigenvalue weighted by Gasteiger charge is -2.32. The SMILES string of the molecule is N#CC(C#N)=C1C=C2C=C([NH+]3CCCCC3)CC[C@@H]2CC1. The van der Waals surface area contributed by atoms with Crippen molar-refractivity contribution in [3.63, 3.8) is 0 Å². The van der Waals surface area contributed by atoms with Crippen molar-refractivity contribution < 1.29 is 4.90 Å². The van der Waals surface area contributed by atoms with Crippen LogP contribution < -0.4 is 4.90 Å². The Bertz CT molecular complexity index is 573. The fraction of sp³-hybridized carbons (Fsp3) is 0.556. The van der Waals surface area contributed by atoms with Crippen LogP contribution in [0, 0.1) is 28.6 Å². The van der Waals surface area contributed by atoms with Crippen LogP contribution in [0.2, 0.25) is 0 Å². The molecule has 0 unspecified atom stereocenters. The van der Waals surface area contributed by atoms with E-state index in [1.54, 1.807) is 10.6 Å². The van der Waals surface area contributed by atoms with Gasteiger partial charge in [-0.25, -0.2) is 0 Å². The van der Waals surface area contributed by atoms with Gasteiger partial charge in [-0.15, -0.1) is 0 Å². The quantitative estimate of drug-likeness (QED) is 0.750. The lowest BCUT2D eigenvalue weighted by Crippen LogP contribution is -3.11. The van der Waals surface area contributed by atoms with E-state index in [4.69, 9.17) is 10.5 Å². The van der Waals surface area contributed by atoms with E-state index in [1.807, 2.05) is 12.1 Å². The van der Waals surface area contributed by atoms with E-state index >= 15 is 0 Å². The Morgan fingerprint density at radius 2 is 1.71 bits per heavy atom. The summed E-state index contributed by atoms with van der Waals surface area (Å²) in [4.78, 5) is 1.66. The van der Waals surface area contributed by atoms with Crippen molar-refractivity contribution in [3.05, 3.63) is 34.6 Å². The third-order valence-electron chi connectivity index (χ3n) is 5.13. The first-order valence-corrected chi connectivity index (χ1v) is 8.12. The topological polar surface area (TPSA) is 52.0 Å². The van der Waals surface area contributed by atoms with Crippen LogP contribution in [0.4, 0.5) is 0 Å². The molecule has 3 nitrogen and oxygen atoms in total. The summed E-state index contributed by atoms with van der Waals surface area (Å²) in [5.41, 5.74) is 4.15. The summed E-state index contributed by atoms with van der Waals surface area (Å²) in [6, 6.07) is 4.08. The normalized spacial score (nSPS) is 26.0. The number of hydrogen-bond donors (Lipinski definition) is 1. The summed E-state index contributed by atoms with van der Waals surface area (Å²) >= 11 is 0. The van der Waals surface area contributed by atoms with Gasteiger partial charge in [-0.05, 0) is 61.7 Å². The Labute approximate surface area is 126 Å². The predicted molar refractivity (Wildman–Crippen MR) is 80.9 cm³/mol. The first-order chi connectivity index (χ1) is 10.3. The van der Waals surface area contributed by atoms with E-state index in [0.29, 0.717) is 11.5 Å². The Balaban J connectivity index is 1.88. The zero-order chi connectivity index (χ0) is 14.7. The molecule has 1 heterocycles. The first-order valence-electron chi connectivity index (χ1n) is 8.12. The molecule has 1 fully saturated rings. The highest BCUT2D eigenvalue weighted by molar-refractivity contribution is 5.49. The maximum Gasteiger partial charge on any atom is 0.132 e. The molecule has 0 saturated carbocycles. The number of quaternary nitrogens is 1. The molecule has 108 valence electrons. The van der Waals surface area contributed by atoms with Crippen LogP contribution >= 0.6 is 0 Å². The van der Waals surface area contributed by atoms with Gasteiger partial charge in [0.25, 0.3) is 0 Å². The van der Waals surface area contributed by atoms with Gasteiger partial charge in [0.2, 0.25) is 0 Å². The lowest BCUT2D eigenvalue weighted by molar-refractivity contribution is -0.867. The summed E-state index contributed by atoms with van der Waals surface area (Å²) < 4.78 is 0. The van der Waals surface area contributed by atoms with Crippen molar-refractivity contribution in [1.29, 1.82) is 10.5 Å². The maximum atomic E-state index is 9.05. The molecule has 0 bridgehead atoms. The fourth-order valence-corrected chi connectivity index (χ4v) is 3.91. The van der Waals surface area contributed by atoms with Gasteiger partial charge in [0.1, 0.15) is 23.4 Å². The van der Waals surface area contributed by atoms with Gasteiger partial charge in [-0.3, -0.25) is 0 Å². The highest BCUT2D eigenvalue weighted by Crippen LogP contribution is 2.37. The smallest absolute Gasteiger partial charge is 0.132 e. The predicted octanol–water partition coefficient (Wildman–Crippen LogP) is 2.41. The monoisotopic (exact) mass is 280 g/mol. The highest BCUT2D eigenvalue weighted by atomic mass is 15.1. The van der Waals surface area contributed by atoms with Crippen LogP contribution in [0.3, 0.4) is 0 Å². The van der Waals surface area contributed by atoms with E-state index in [-0.39, 0.29) is 0 Å². The van der Waals surface area contributed by atoms with Crippen molar-refractivity contribution in [2.75, 3.05) is 13.1 Å². The Hall–Kier alpha value is -1.84. The van der Waals surface area contributed by atoms with Crippen LogP contribution in [0.5, 0.6) is 0 Å². The molecule has 1 saturated heterocycles. The summed E-state index contributed by atoms with van der Waals surface area (Å²) in [6.07, 6.45) is 13.0. The minimum atomic E-state index is 0.298. The van der Waals surface area contributed by atoms with Crippen LogP contribution in [-0.4, -0.2) is 13.1 Å². The molecule has 0 aromatic heterocycles. The largest absolute Gasteiger partial charge is 0.306 e. The van der Waals surface area contributed by atoms with Crippen LogP contribution in [0.1, 0.15) is 44.9 Å². The van der Waals surface area contributed by atoms with Crippen molar-refractivity contribution in [2.24, 2.45) is 5.92 Å². The number of nitrogens with zero attached hydrogens (tertiary/aromatic N) is 2. The third-order valence-corrected chi connectivity index (χ3v) is 5.13. The molecule has 0 aromatic rings. The molecule has 1 atom stereocenters. The molecule has 0 amide bonds. The molecule has 1 N–H and O–H groups in total. The molecule has 3 rings (SSSR count). The van der Waals surface area contributed by atoms with Crippen LogP contribution in [0.25, 0.3) is 0 Å². The maximum absolute atomic E-state index is 9.05. The van der Waals surface area contributed by atoms with E-state index < -0.39 is 0 Å². The Morgan fingerprint density at radius 1 is 1.00 bits per heavy atom. The van der Waals surface area contributed by atoms with Gasteiger partial charge in [-0.2, -0.15) is 10.5 Å². The molecule has 0 radical (unpaired) electrons. The number of piperidine rings is 1. The number of rotatable bonds is 1. The summed E-state index contributed by atoms with van der Waals surface area (Å²) in [5, 5.41) is 18.1. The van der Waals surface area contributed by atoms with Crippen molar-refractivity contribution in [1.82, 2.24) is 0 Å². The van der Waals surface area contributed by atoms with Gasteiger partial charge < -0.3 is 4.90 Å². The van der Waals surface area contributed by atoms with Gasteiger partial charge in [0.15, 0.2) is 0 Å². The van der Waals surface area contributed by atoms with Crippen LogP contribution in [0.15, 0.2) is 34.6 Å². The number of allylic oxidation sites excluding steroid dienone is 6. The number of nitriles is 2. The first kappa shape index (κ1) is 14.1. The summed E-state index contributed by atoms with van der Waals surface area (Å²) in [7, 11) is 0. The fourth-order valence-electron chi connectivity index (χ4n) is 3.91. The van der Waals surface area contributed by atoms with E-state index in [1.165, 1.54) is 50.8 Å². The molecule has 3 aliphatic rings. The van der Waals surface area contributed by atoms with Crippen molar-refractivity contribution in [3.8, 4) is 12.1 Å². The van der Waals surface area contributed by atoms with E-state index in [0.717, 1.165) is 18.4 Å². The van der Waals surface area contributed by atoms with Gasteiger partial charge in [0, 0.05) is 6.42 Å². The lowest BCUT2D eigenvalue weighted by atomic mass is 9.77. The highest BCUT2D eigenvalue weighted by Gasteiger charge is 2.28. The summed E-state index contributed by atoms with van der Waals surface area (Å²) in [6.45, 7) is 2.54. The Morgan fingerprint density at radius 3 is 2.43 bits per heavy atom. The Kier molecular flexibility index (Phi) is 4.23. The van der Waals surface area contributed by atoms with Crippen molar-refractivity contribution in [2.45, 2.75) is 44.9 Å². The van der Waals surface area contributed by atoms with E-state index in [9.17, 15) is 0 Å². The number of hydrogen-bond acceptors (Lipinski definition) is 2. The van der Waals surface area contributed by atoms with Gasteiger partial charge in [0.05, 0.1) is 13.1 Å². The zero-order valence-corrected chi connectivity index (χ0v) is 12.5. The molecule has 0 spiro atoms. The summed E-state index contributed by atoms with van der Waals surface area (Å²) in [5.74, 6) is 0.639. The third kappa shape index (κ3) is 2.94. The molecular weight excluding hydrogens is 258 g/mol. The molecule has 3 heteroatoms. The van der Waals surface area contributed by atoms with E-state index in [2.05, 4.69) is 12.2 Å². The number of nitrogens with one attached hydrogen (secondary N) is 1. The molecule has 1 aliphatic heterocycles. The minimum Gasteiger partial charge on any atom is -0.306 e. The van der Waals surface area contributed by atoms with Crippen LogP contribution in [-0.2, 0) is 0 Å². The molecule has 21 heavy (non-hydrogen) atoms. The zero-order valence-electron chi connectivity index (χ0n) is 12.5. The number of fused-ring (bicyclic) bond motifs is 1. The van der Waals surface area contributed by atoms with Gasteiger partial charge in [-0.1, -0.05) is 6.08 Å². The second-order valence-electron chi connectivity index (χ2n) is 6.38.